The van der Waals surface area contributed by atoms with Crippen molar-refractivity contribution >= 4 is 0 Å². The zero-order chi connectivity index (χ0) is 13.1. The Morgan fingerprint density at radius 3 is 2.89 bits per heavy atom. The summed E-state index contributed by atoms with van der Waals surface area (Å²) in [6, 6.07) is 4.15. The standard InChI is InChI=1S/C12H11FN2O3/c1-18-10-4-7(2-3-9(10)13)11-14-5-8(6-16)12(17)15-11/h2-5,16H,6H2,1H3,(H,14,15,17). The van der Waals surface area contributed by atoms with Crippen molar-refractivity contribution in [3.05, 3.63) is 46.1 Å². The quantitative estimate of drug-likeness (QED) is 0.854. The van der Waals surface area contributed by atoms with E-state index >= 15 is 0 Å². The molecular weight excluding hydrogens is 239 g/mol. The number of aliphatic hydroxyl groups excluding tert-OH is 1. The predicted octanol–water partition coefficient (Wildman–Crippen LogP) is 1.08. The number of aliphatic hydroxyl groups is 1. The summed E-state index contributed by atoms with van der Waals surface area (Å²) < 4.78 is 18.1. The first-order chi connectivity index (χ1) is 8.65. The van der Waals surface area contributed by atoms with Crippen LogP contribution in [0.3, 0.4) is 0 Å². The van der Waals surface area contributed by atoms with Crippen LogP contribution < -0.4 is 10.3 Å². The highest BCUT2D eigenvalue weighted by atomic mass is 19.1. The van der Waals surface area contributed by atoms with Crippen LogP contribution in [0.1, 0.15) is 5.56 Å². The zero-order valence-corrected chi connectivity index (χ0v) is 9.61. The van der Waals surface area contributed by atoms with Crippen LogP contribution in [0.15, 0.2) is 29.2 Å². The van der Waals surface area contributed by atoms with Gasteiger partial charge in [0.2, 0.25) is 0 Å². The van der Waals surface area contributed by atoms with E-state index in [9.17, 15) is 9.18 Å². The molecule has 0 bridgehead atoms. The van der Waals surface area contributed by atoms with Crippen molar-refractivity contribution in [3.8, 4) is 17.1 Å². The molecule has 0 atom stereocenters. The highest BCUT2D eigenvalue weighted by Crippen LogP contribution is 2.23. The largest absolute Gasteiger partial charge is 0.494 e. The molecule has 0 aliphatic carbocycles. The number of hydrogen-bond donors (Lipinski definition) is 2. The molecule has 2 aromatic rings. The maximum absolute atomic E-state index is 13.2. The highest BCUT2D eigenvalue weighted by Gasteiger charge is 2.08. The summed E-state index contributed by atoms with van der Waals surface area (Å²) in [5.41, 5.74) is 0.272. The van der Waals surface area contributed by atoms with Crippen LogP contribution in [0.5, 0.6) is 5.75 Å². The fourth-order valence-electron chi connectivity index (χ4n) is 1.49. The van der Waals surface area contributed by atoms with Crippen molar-refractivity contribution in [2.24, 2.45) is 0 Å². The zero-order valence-electron chi connectivity index (χ0n) is 9.61. The number of nitrogens with zero attached hydrogens (tertiary/aromatic N) is 1. The van der Waals surface area contributed by atoms with E-state index in [0.717, 1.165) is 0 Å². The number of aromatic nitrogens is 2. The average Bonchev–Trinajstić information content (AvgIpc) is 2.39. The second kappa shape index (κ2) is 4.97. The summed E-state index contributed by atoms with van der Waals surface area (Å²) >= 11 is 0. The van der Waals surface area contributed by atoms with Gasteiger partial charge in [0.1, 0.15) is 5.82 Å². The summed E-state index contributed by atoms with van der Waals surface area (Å²) in [6.45, 7) is -0.380. The van der Waals surface area contributed by atoms with E-state index in [2.05, 4.69) is 9.97 Å². The molecule has 0 saturated heterocycles. The number of halogens is 1. The Hall–Kier alpha value is -2.21. The predicted molar refractivity (Wildman–Crippen MR) is 62.7 cm³/mol. The fourth-order valence-corrected chi connectivity index (χ4v) is 1.49. The van der Waals surface area contributed by atoms with Crippen LogP contribution in [0.2, 0.25) is 0 Å². The van der Waals surface area contributed by atoms with Gasteiger partial charge in [-0.2, -0.15) is 0 Å². The lowest BCUT2D eigenvalue weighted by molar-refractivity contribution is 0.279. The summed E-state index contributed by atoms with van der Waals surface area (Å²) in [5, 5.41) is 8.87. The summed E-state index contributed by atoms with van der Waals surface area (Å²) in [7, 11) is 1.35. The van der Waals surface area contributed by atoms with Crippen LogP contribution in [-0.4, -0.2) is 22.2 Å². The number of H-pyrrole nitrogens is 1. The van der Waals surface area contributed by atoms with E-state index in [1.54, 1.807) is 0 Å². The van der Waals surface area contributed by atoms with E-state index < -0.39 is 11.4 Å². The van der Waals surface area contributed by atoms with Crippen molar-refractivity contribution in [3.63, 3.8) is 0 Å². The monoisotopic (exact) mass is 250 g/mol. The maximum atomic E-state index is 13.2. The van der Waals surface area contributed by atoms with Gasteiger partial charge in [-0.15, -0.1) is 0 Å². The first kappa shape index (κ1) is 12.3. The molecule has 0 amide bonds. The number of ether oxygens (including phenoxy) is 1. The van der Waals surface area contributed by atoms with E-state index in [0.29, 0.717) is 5.56 Å². The molecule has 2 N–H and O–H groups in total. The molecule has 1 aromatic heterocycles. The van der Waals surface area contributed by atoms with Crippen LogP contribution in [-0.2, 0) is 6.61 Å². The van der Waals surface area contributed by atoms with Gasteiger partial charge >= 0.3 is 0 Å². The Balaban J connectivity index is 2.49. The lowest BCUT2D eigenvalue weighted by Crippen LogP contribution is -2.14. The van der Waals surface area contributed by atoms with Crippen LogP contribution in [0, 0.1) is 5.82 Å². The fraction of sp³-hybridized carbons (Fsp3) is 0.167. The SMILES string of the molecule is COc1cc(-c2ncc(CO)c(=O)[nH]2)ccc1F. The number of nitrogens with one attached hydrogen (secondary N) is 1. The number of methoxy groups -OCH3 is 1. The molecule has 1 aromatic carbocycles. The molecule has 6 heteroatoms. The number of rotatable bonds is 3. The van der Waals surface area contributed by atoms with Crippen LogP contribution >= 0.6 is 0 Å². The second-order valence-corrected chi connectivity index (χ2v) is 3.59. The minimum absolute atomic E-state index is 0.0707. The van der Waals surface area contributed by atoms with Crippen LogP contribution in [0.4, 0.5) is 4.39 Å². The van der Waals surface area contributed by atoms with Gasteiger partial charge in [-0.05, 0) is 18.2 Å². The molecule has 0 aliphatic rings. The Labute approximate surface area is 102 Å². The average molecular weight is 250 g/mol. The molecule has 2 rings (SSSR count). The molecule has 18 heavy (non-hydrogen) atoms. The van der Waals surface area contributed by atoms with Crippen molar-refractivity contribution in [2.45, 2.75) is 6.61 Å². The van der Waals surface area contributed by atoms with Gasteiger partial charge in [0.25, 0.3) is 5.56 Å². The Morgan fingerprint density at radius 2 is 2.28 bits per heavy atom. The van der Waals surface area contributed by atoms with Gasteiger partial charge in [-0.1, -0.05) is 0 Å². The first-order valence-corrected chi connectivity index (χ1v) is 5.18. The molecular formula is C12H11FN2O3. The van der Waals surface area contributed by atoms with Crippen molar-refractivity contribution in [1.29, 1.82) is 0 Å². The molecule has 1 heterocycles. The molecule has 0 aliphatic heterocycles. The molecule has 5 nitrogen and oxygen atoms in total. The minimum Gasteiger partial charge on any atom is -0.494 e. The Morgan fingerprint density at radius 1 is 1.50 bits per heavy atom. The van der Waals surface area contributed by atoms with E-state index in [1.807, 2.05) is 0 Å². The molecule has 0 spiro atoms. The minimum atomic E-state index is -0.490. The molecule has 0 fully saturated rings. The third-order valence-electron chi connectivity index (χ3n) is 2.47. The van der Waals surface area contributed by atoms with Gasteiger partial charge in [-0.3, -0.25) is 4.79 Å². The van der Waals surface area contributed by atoms with Crippen molar-refractivity contribution < 1.29 is 14.2 Å². The Bertz CT molecular complexity index is 625. The molecule has 0 saturated carbocycles. The molecule has 0 unspecified atom stereocenters. The van der Waals surface area contributed by atoms with Crippen LogP contribution in [0.25, 0.3) is 11.4 Å². The normalized spacial score (nSPS) is 10.4. The van der Waals surface area contributed by atoms with Gasteiger partial charge in [0.15, 0.2) is 11.6 Å². The van der Waals surface area contributed by atoms with Gasteiger partial charge in [0.05, 0.1) is 19.3 Å². The smallest absolute Gasteiger partial charge is 0.256 e. The maximum Gasteiger partial charge on any atom is 0.256 e. The van der Waals surface area contributed by atoms with Crippen molar-refractivity contribution in [1.82, 2.24) is 9.97 Å². The van der Waals surface area contributed by atoms with E-state index in [-0.39, 0.29) is 23.7 Å². The molecule has 94 valence electrons. The third-order valence-corrected chi connectivity index (χ3v) is 2.47. The Kier molecular flexibility index (Phi) is 3.38. The van der Waals surface area contributed by atoms with Gasteiger partial charge in [-0.25, -0.2) is 9.37 Å². The lowest BCUT2D eigenvalue weighted by Gasteiger charge is -2.05. The number of hydrogen-bond acceptors (Lipinski definition) is 4. The highest BCUT2D eigenvalue weighted by molar-refractivity contribution is 5.57. The lowest BCUT2D eigenvalue weighted by atomic mass is 10.2. The number of benzene rings is 1. The topological polar surface area (TPSA) is 75.2 Å². The van der Waals surface area contributed by atoms with Gasteiger partial charge < -0.3 is 14.8 Å². The van der Waals surface area contributed by atoms with E-state index in [1.165, 1.54) is 31.5 Å². The second-order valence-electron chi connectivity index (χ2n) is 3.59. The van der Waals surface area contributed by atoms with Gasteiger partial charge in [0, 0.05) is 11.8 Å². The number of aromatic amines is 1. The summed E-state index contributed by atoms with van der Waals surface area (Å²) in [6.07, 6.45) is 1.28. The first-order valence-electron chi connectivity index (χ1n) is 5.18. The summed E-state index contributed by atoms with van der Waals surface area (Å²) in [5.74, 6) is -0.132. The van der Waals surface area contributed by atoms with Crippen molar-refractivity contribution in [2.75, 3.05) is 7.11 Å². The summed E-state index contributed by atoms with van der Waals surface area (Å²) in [4.78, 5) is 18.0. The van der Waals surface area contributed by atoms with E-state index in [4.69, 9.17) is 9.84 Å². The molecule has 0 radical (unpaired) electrons. The third kappa shape index (κ3) is 2.23.